The maximum absolute atomic E-state index is 12.1. The highest BCUT2D eigenvalue weighted by atomic mass is 16.5. The lowest BCUT2D eigenvalue weighted by Gasteiger charge is -2.33. The highest BCUT2D eigenvalue weighted by Gasteiger charge is 2.23. The average Bonchev–Trinajstić information content (AvgIpc) is 3.00. The summed E-state index contributed by atoms with van der Waals surface area (Å²) in [5, 5.41) is 2.98. The molecule has 118 valence electrons. The summed E-state index contributed by atoms with van der Waals surface area (Å²) in [6.45, 7) is 6.73. The van der Waals surface area contributed by atoms with E-state index in [4.69, 9.17) is 4.74 Å². The van der Waals surface area contributed by atoms with Gasteiger partial charge in [0.25, 0.3) is 0 Å². The van der Waals surface area contributed by atoms with Gasteiger partial charge in [-0.15, -0.1) is 0 Å². The molecular formula is C15H26N4O2. The summed E-state index contributed by atoms with van der Waals surface area (Å²) < 4.78 is 7.35. The molecule has 0 aromatic carbocycles. The predicted octanol–water partition coefficient (Wildman–Crippen LogP) is 1.73. The average molecular weight is 294 g/mol. The van der Waals surface area contributed by atoms with Gasteiger partial charge in [-0.2, -0.15) is 0 Å². The van der Waals surface area contributed by atoms with Crippen LogP contribution in [0, 0.1) is 5.92 Å². The van der Waals surface area contributed by atoms with E-state index in [1.807, 2.05) is 24.3 Å². The number of nitrogens with zero attached hydrogens (tertiary/aromatic N) is 3. The van der Waals surface area contributed by atoms with E-state index in [2.05, 4.69) is 14.9 Å². The van der Waals surface area contributed by atoms with Crippen LogP contribution in [0.2, 0.25) is 0 Å². The van der Waals surface area contributed by atoms with E-state index in [1.54, 1.807) is 6.20 Å². The molecule has 0 spiro atoms. The number of imidazole rings is 1. The summed E-state index contributed by atoms with van der Waals surface area (Å²) >= 11 is 0. The number of carbonyl (C=O) groups excluding carboxylic acids is 1. The van der Waals surface area contributed by atoms with Crippen LogP contribution in [0.4, 0.5) is 4.79 Å². The van der Waals surface area contributed by atoms with Gasteiger partial charge in [0, 0.05) is 51.8 Å². The smallest absolute Gasteiger partial charge is 0.317 e. The lowest BCUT2D eigenvalue weighted by molar-refractivity contribution is 0.141. The highest BCUT2D eigenvalue weighted by molar-refractivity contribution is 5.74. The standard InChI is InChI=1S/C15H26N4O2/c1-2-21-10-4-6-17-15(20)19-8-3-5-14(12-19)11-18-9-7-16-13-18/h7,9,13-14H,2-6,8,10-12H2,1H3,(H,17,20)/t14-/m0/s1. The summed E-state index contributed by atoms with van der Waals surface area (Å²) in [5.41, 5.74) is 0. The second-order valence-electron chi connectivity index (χ2n) is 5.50. The molecule has 21 heavy (non-hydrogen) atoms. The fourth-order valence-corrected chi connectivity index (χ4v) is 2.72. The van der Waals surface area contributed by atoms with E-state index in [0.717, 1.165) is 39.1 Å². The molecule has 0 aliphatic carbocycles. The summed E-state index contributed by atoms with van der Waals surface area (Å²) in [6, 6.07) is 0.0572. The zero-order valence-electron chi connectivity index (χ0n) is 12.8. The molecule has 1 saturated heterocycles. The Morgan fingerprint density at radius 1 is 1.52 bits per heavy atom. The Labute approximate surface area is 126 Å². The molecule has 0 unspecified atom stereocenters. The SMILES string of the molecule is CCOCCCNC(=O)N1CCC[C@@H](Cn2ccnc2)C1. The Morgan fingerprint density at radius 3 is 3.19 bits per heavy atom. The molecule has 2 amide bonds. The van der Waals surface area contributed by atoms with Crippen molar-refractivity contribution in [2.24, 2.45) is 5.92 Å². The van der Waals surface area contributed by atoms with Crippen LogP contribution in [0.1, 0.15) is 26.2 Å². The first kappa shape index (κ1) is 15.8. The van der Waals surface area contributed by atoms with Crippen LogP contribution in [0.15, 0.2) is 18.7 Å². The van der Waals surface area contributed by atoms with Crippen molar-refractivity contribution < 1.29 is 9.53 Å². The van der Waals surface area contributed by atoms with Gasteiger partial charge in [-0.25, -0.2) is 9.78 Å². The summed E-state index contributed by atoms with van der Waals surface area (Å²) in [7, 11) is 0. The first-order valence-corrected chi connectivity index (χ1v) is 7.86. The number of likely N-dealkylation sites (tertiary alicyclic amines) is 1. The number of rotatable bonds is 7. The van der Waals surface area contributed by atoms with Gasteiger partial charge in [-0.1, -0.05) is 0 Å². The van der Waals surface area contributed by atoms with Crippen molar-refractivity contribution in [2.75, 3.05) is 32.8 Å². The Kier molecular flexibility index (Phi) is 6.53. The fourth-order valence-electron chi connectivity index (χ4n) is 2.72. The molecule has 0 saturated carbocycles. The second-order valence-corrected chi connectivity index (χ2v) is 5.50. The number of piperidine rings is 1. The quantitative estimate of drug-likeness (QED) is 0.779. The molecule has 2 rings (SSSR count). The minimum Gasteiger partial charge on any atom is -0.382 e. The normalized spacial score (nSPS) is 18.7. The van der Waals surface area contributed by atoms with Crippen LogP contribution in [-0.4, -0.2) is 53.3 Å². The molecule has 1 N–H and O–H groups in total. The molecule has 0 radical (unpaired) electrons. The van der Waals surface area contributed by atoms with Crippen LogP contribution in [-0.2, 0) is 11.3 Å². The second kappa shape index (κ2) is 8.67. The van der Waals surface area contributed by atoms with Gasteiger partial charge in [0.2, 0.25) is 0 Å². The van der Waals surface area contributed by atoms with Crippen molar-refractivity contribution in [1.82, 2.24) is 19.8 Å². The van der Waals surface area contributed by atoms with Crippen LogP contribution in [0.3, 0.4) is 0 Å². The fraction of sp³-hybridized carbons (Fsp3) is 0.733. The molecule has 1 aromatic rings. The van der Waals surface area contributed by atoms with E-state index in [-0.39, 0.29) is 6.03 Å². The predicted molar refractivity (Wildman–Crippen MR) is 81.0 cm³/mol. The van der Waals surface area contributed by atoms with Crippen molar-refractivity contribution in [2.45, 2.75) is 32.7 Å². The molecule has 1 aliphatic heterocycles. The van der Waals surface area contributed by atoms with Gasteiger partial charge in [0.05, 0.1) is 6.33 Å². The van der Waals surface area contributed by atoms with Gasteiger partial charge in [0.1, 0.15) is 0 Å². The van der Waals surface area contributed by atoms with E-state index in [0.29, 0.717) is 19.1 Å². The number of amides is 2. The highest BCUT2D eigenvalue weighted by Crippen LogP contribution is 2.18. The molecule has 6 nitrogen and oxygen atoms in total. The topological polar surface area (TPSA) is 59.4 Å². The van der Waals surface area contributed by atoms with Crippen molar-refractivity contribution in [3.63, 3.8) is 0 Å². The first-order chi connectivity index (χ1) is 10.3. The van der Waals surface area contributed by atoms with Crippen molar-refractivity contribution in [1.29, 1.82) is 0 Å². The van der Waals surface area contributed by atoms with Gasteiger partial charge < -0.3 is 19.5 Å². The summed E-state index contributed by atoms with van der Waals surface area (Å²) in [6.07, 6.45) is 8.73. The number of ether oxygens (including phenoxy) is 1. The lowest BCUT2D eigenvalue weighted by Crippen LogP contribution is -2.46. The monoisotopic (exact) mass is 294 g/mol. The van der Waals surface area contributed by atoms with Crippen LogP contribution >= 0.6 is 0 Å². The number of hydrogen-bond donors (Lipinski definition) is 1. The summed E-state index contributed by atoms with van der Waals surface area (Å²) in [4.78, 5) is 18.1. The molecule has 6 heteroatoms. The third-order valence-electron chi connectivity index (χ3n) is 3.78. The van der Waals surface area contributed by atoms with Crippen LogP contribution in [0.5, 0.6) is 0 Å². The molecule has 1 aromatic heterocycles. The molecular weight excluding hydrogens is 268 g/mol. The Balaban J connectivity index is 1.68. The zero-order valence-corrected chi connectivity index (χ0v) is 12.8. The van der Waals surface area contributed by atoms with E-state index in [9.17, 15) is 4.79 Å². The minimum absolute atomic E-state index is 0.0572. The lowest BCUT2D eigenvalue weighted by atomic mass is 9.98. The Bertz CT molecular complexity index is 408. The number of urea groups is 1. The largest absolute Gasteiger partial charge is 0.382 e. The van der Waals surface area contributed by atoms with E-state index in [1.165, 1.54) is 6.42 Å². The molecule has 0 bridgehead atoms. The van der Waals surface area contributed by atoms with Gasteiger partial charge in [-0.3, -0.25) is 0 Å². The number of hydrogen-bond acceptors (Lipinski definition) is 3. The van der Waals surface area contributed by atoms with Crippen LogP contribution in [0.25, 0.3) is 0 Å². The van der Waals surface area contributed by atoms with Gasteiger partial charge in [-0.05, 0) is 32.1 Å². The number of carbonyl (C=O) groups is 1. The molecule has 2 heterocycles. The van der Waals surface area contributed by atoms with Crippen molar-refractivity contribution in [3.8, 4) is 0 Å². The third kappa shape index (κ3) is 5.38. The zero-order chi connectivity index (χ0) is 14.9. The van der Waals surface area contributed by atoms with E-state index < -0.39 is 0 Å². The van der Waals surface area contributed by atoms with Crippen molar-refractivity contribution >= 4 is 6.03 Å². The molecule has 1 atom stereocenters. The maximum Gasteiger partial charge on any atom is 0.317 e. The van der Waals surface area contributed by atoms with Crippen LogP contribution < -0.4 is 5.32 Å². The molecule has 1 fully saturated rings. The Hall–Kier alpha value is -1.56. The first-order valence-electron chi connectivity index (χ1n) is 7.86. The van der Waals surface area contributed by atoms with Crippen molar-refractivity contribution in [3.05, 3.63) is 18.7 Å². The number of aromatic nitrogens is 2. The Morgan fingerprint density at radius 2 is 2.43 bits per heavy atom. The third-order valence-corrected chi connectivity index (χ3v) is 3.78. The van der Waals surface area contributed by atoms with Gasteiger partial charge in [0.15, 0.2) is 0 Å². The molecule has 1 aliphatic rings. The maximum atomic E-state index is 12.1. The minimum atomic E-state index is 0.0572. The van der Waals surface area contributed by atoms with E-state index >= 15 is 0 Å². The number of nitrogens with one attached hydrogen (secondary N) is 1. The summed E-state index contributed by atoms with van der Waals surface area (Å²) in [5.74, 6) is 0.516. The van der Waals surface area contributed by atoms with Gasteiger partial charge >= 0.3 is 6.03 Å².